The molecule has 2 unspecified atom stereocenters. The van der Waals surface area contributed by atoms with Crippen molar-refractivity contribution in [3.8, 4) is 11.1 Å². The second kappa shape index (κ2) is 3.94. The van der Waals surface area contributed by atoms with Gasteiger partial charge in [-0.3, -0.25) is 4.90 Å². The molecule has 0 N–H and O–H groups in total. The fraction of sp³-hybridized carbons (Fsp3) is 0.333. The summed E-state index contributed by atoms with van der Waals surface area (Å²) < 4.78 is 0. The molecule has 0 radical (unpaired) electrons. The molecule has 2 aromatic carbocycles. The molecule has 19 heavy (non-hydrogen) atoms. The van der Waals surface area contributed by atoms with E-state index >= 15 is 0 Å². The molecule has 0 amide bonds. The lowest BCUT2D eigenvalue weighted by atomic mass is 9.72. The van der Waals surface area contributed by atoms with Crippen LogP contribution in [0.1, 0.15) is 35.6 Å². The van der Waals surface area contributed by atoms with E-state index in [1.807, 2.05) is 0 Å². The molecule has 1 aliphatic carbocycles. The minimum absolute atomic E-state index is 0.551. The van der Waals surface area contributed by atoms with E-state index in [1.54, 1.807) is 11.1 Å². The summed E-state index contributed by atoms with van der Waals surface area (Å²) in [6, 6.07) is 16.3. The molecule has 0 bridgehead atoms. The Kier molecular flexibility index (Phi) is 2.33. The highest BCUT2D eigenvalue weighted by atomic mass is 15.1. The van der Waals surface area contributed by atoms with Crippen molar-refractivity contribution in [2.24, 2.45) is 0 Å². The van der Waals surface area contributed by atoms with Gasteiger partial charge in [0.2, 0.25) is 0 Å². The van der Waals surface area contributed by atoms with Crippen molar-refractivity contribution in [2.45, 2.75) is 25.3 Å². The molecule has 96 valence electrons. The van der Waals surface area contributed by atoms with E-state index in [-0.39, 0.29) is 0 Å². The van der Waals surface area contributed by atoms with E-state index in [4.69, 9.17) is 0 Å². The maximum Gasteiger partial charge on any atom is 0.0420 e. The lowest BCUT2D eigenvalue weighted by Gasteiger charge is -2.43. The molecule has 1 nitrogen and oxygen atoms in total. The van der Waals surface area contributed by atoms with Gasteiger partial charge < -0.3 is 0 Å². The Morgan fingerprint density at radius 2 is 1.79 bits per heavy atom. The lowest BCUT2D eigenvalue weighted by molar-refractivity contribution is 0.203. The normalized spacial score (nSPS) is 24.7. The zero-order chi connectivity index (χ0) is 13.0. The van der Waals surface area contributed by atoms with E-state index in [2.05, 4.69) is 61.3 Å². The van der Waals surface area contributed by atoms with Crippen LogP contribution in [0.5, 0.6) is 0 Å². The SMILES string of the molecule is CC1c2ccccc2-c2cccc3c2C1N(C)CC3. The molecule has 0 saturated carbocycles. The summed E-state index contributed by atoms with van der Waals surface area (Å²) in [4.78, 5) is 2.53. The van der Waals surface area contributed by atoms with Gasteiger partial charge in [-0.1, -0.05) is 49.4 Å². The van der Waals surface area contributed by atoms with E-state index in [9.17, 15) is 0 Å². The second-order valence-electron chi connectivity index (χ2n) is 5.93. The molecule has 0 aromatic heterocycles. The number of hydrogen-bond acceptors (Lipinski definition) is 1. The number of fused-ring (bicyclic) bond motifs is 2. The van der Waals surface area contributed by atoms with Crippen LogP contribution in [0.4, 0.5) is 0 Å². The minimum atomic E-state index is 0.551. The van der Waals surface area contributed by atoms with Gasteiger partial charge in [0, 0.05) is 18.5 Å². The van der Waals surface area contributed by atoms with Crippen LogP contribution in [0.15, 0.2) is 42.5 Å². The van der Waals surface area contributed by atoms with Gasteiger partial charge in [0.25, 0.3) is 0 Å². The number of benzene rings is 2. The third-order valence-electron chi connectivity index (χ3n) is 4.92. The molecule has 0 spiro atoms. The number of hydrogen-bond donors (Lipinski definition) is 0. The molecule has 2 aromatic rings. The Morgan fingerprint density at radius 1 is 1.00 bits per heavy atom. The van der Waals surface area contributed by atoms with Gasteiger partial charge in [-0.05, 0) is 41.3 Å². The van der Waals surface area contributed by atoms with Gasteiger partial charge in [-0.2, -0.15) is 0 Å². The lowest BCUT2D eigenvalue weighted by Crippen LogP contribution is -2.37. The highest BCUT2D eigenvalue weighted by molar-refractivity contribution is 5.76. The summed E-state index contributed by atoms with van der Waals surface area (Å²) in [6.07, 6.45) is 1.19. The standard InChI is InChI=1S/C18H19N/c1-12-14-7-3-4-8-15(14)16-9-5-6-13-10-11-19(2)18(12)17(13)16/h3-9,12,18H,10-11H2,1-2H3. The predicted octanol–water partition coefficient (Wildman–Crippen LogP) is 4.00. The Labute approximate surface area is 114 Å². The fourth-order valence-electron chi connectivity index (χ4n) is 4.01. The first kappa shape index (κ1) is 11.2. The van der Waals surface area contributed by atoms with Crippen LogP contribution in [-0.2, 0) is 6.42 Å². The first-order valence-electron chi connectivity index (χ1n) is 7.18. The van der Waals surface area contributed by atoms with Crippen LogP contribution in [0.3, 0.4) is 0 Å². The Hall–Kier alpha value is -1.60. The summed E-state index contributed by atoms with van der Waals surface area (Å²) in [5, 5.41) is 0. The van der Waals surface area contributed by atoms with Gasteiger partial charge in [0.05, 0.1) is 0 Å². The van der Waals surface area contributed by atoms with Crippen LogP contribution < -0.4 is 0 Å². The van der Waals surface area contributed by atoms with E-state index in [0.717, 1.165) is 0 Å². The molecule has 4 rings (SSSR count). The summed E-state index contributed by atoms with van der Waals surface area (Å²) in [6.45, 7) is 3.55. The van der Waals surface area contributed by atoms with Gasteiger partial charge in [0.15, 0.2) is 0 Å². The highest BCUT2D eigenvalue weighted by Crippen LogP contribution is 2.50. The van der Waals surface area contributed by atoms with Crippen LogP contribution in [0.2, 0.25) is 0 Å². The van der Waals surface area contributed by atoms with Crippen LogP contribution >= 0.6 is 0 Å². The van der Waals surface area contributed by atoms with Crippen molar-refractivity contribution in [3.05, 3.63) is 59.2 Å². The van der Waals surface area contributed by atoms with E-state index in [1.165, 1.54) is 29.7 Å². The molecule has 2 atom stereocenters. The molecule has 1 heterocycles. The Morgan fingerprint density at radius 3 is 2.68 bits per heavy atom. The Balaban J connectivity index is 2.06. The minimum Gasteiger partial charge on any atom is -0.298 e. The summed E-state index contributed by atoms with van der Waals surface area (Å²) in [5.41, 5.74) is 7.55. The molecule has 1 aliphatic heterocycles. The molecular weight excluding hydrogens is 230 g/mol. The second-order valence-corrected chi connectivity index (χ2v) is 5.93. The largest absolute Gasteiger partial charge is 0.298 e. The van der Waals surface area contributed by atoms with Crippen LogP contribution in [0.25, 0.3) is 11.1 Å². The van der Waals surface area contributed by atoms with Crippen molar-refractivity contribution < 1.29 is 0 Å². The van der Waals surface area contributed by atoms with Crippen molar-refractivity contribution in [1.82, 2.24) is 4.90 Å². The fourth-order valence-corrected chi connectivity index (χ4v) is 4.01. The van der Waals surface area contributed by atoms with Crippen LogP contribution in [0, 0.1) is 0 Å². The molecule has 2 aliphatic rings. The van der Waals surface area contributed by atoms with Crippen molar-refractivity contribution in [2.75, 3.05) is 13.6 Å². The average molecular weight is 249 g/mol. The quantitative estimate of drug-likeness (QED) is 0.682. The summed E-state index contributed by atoms with van der Waals surface area (Å²) in [7, 11) is 2.27. The zero-order valence-corrected chi connectivity index (χ0v) is 11.6. The number of nitrogens with zero attached hydrogens (tertiary/aromatic N) is 1. The zero-order valence-electron chi connectivity index (χ0n) is 11.6. The third-order valence-corrected chi connectivity index (χ3v) is 4.92. The smallest absolute Gasteiger partial charge is 0.0420 e. The van der Waals surface area contributed by atoms with Gasteiger partial charge in [0.1, 0.15) is 0 Å². The first-order valence-corrected chi connectivity index (χ1v) is 7.18. The maximum absolute atomic E-state index is 2.53. The summed E-state index contributed by atoms with van der Waals surface area (Å²) in [5.74, 6) is 0.579. The first-order chi connectivity index (χ1) is 9.27. The third kappa shape index (κ3) is 1.45. The highest BCUT2D eigenvalue weighted by Gasteiger charge is 2.36. The van der Waals surface area contributed by atoms with Crippen molar-refractivity contribution >= 4 is 0 Å². The van der Waals surface area contributed by atoms with Crippen molar-refractivity contribution in [1.29, 1.82) is 0 Å². The molecule has 1 heteroatoms. The predicted molar refractivity (Wildman–Crippen MR) is 79.4 cm³/mol. The molecule has 0 fully saturated rings. The van der Waals surface area contributed by atoms with E-state index < -0.39 is 0 Å². The van der Waals surface area contributed by atoms with Crippen LogP contribution in [-0.4, -0.2) is 18.5 Å². The van der Waals surface area contributed by atoms with Gasteiger partial charge >= 0.3 is 0 Å². The molecule has 0 saturated heterocycles. The Bertz CT molecular complexity index is 644. The van der Waals surface area contributed by atoms with Crippen molar-refractivity contribution in [3.63, 3.8) is 0 Å². The van der Waals surface area contributed by atoms with Gasteiger partial charge in [-0.15, -0.1) is 0 Å². The molecular formula is C18H19N. The number of likely N-dealkylation sites (N-methyl/N-ethyl adjacent to an activating group) is 1. The summed E-state index contributed by atoms with van der Waals surface area (Å²) >= 11 is 0. The monoisotopic (exact) mass is 249 g/mol. The van der Waals surface area contributed by atoms with Gasteiger partial charge in [-0.25, -0.2) is 0 Å². The maximum atomic E-state index is 2.53. The van der Waals surface area contributed by atoms with E-state index in [0.29, 0.717) is 12.0 Å². The average Bonchev–Trinajstić information content (AvgIpc) is 2.45. The number of rotatable bonds is 0. The topological polar surface area (TPSA) is 3.24 Å².